The topological polar surface area (TPSA) is 94.6 Å². The Kier molecular flexibility index (Phi) is 4.44. The zero-order valence-electron chi connectivity index (χ0n) is 14.4. The minimum absolute atomic E-state index is 0.223. The van der Waals surface area contributed by atoms with Crippen LogP contribution in [0.3, 0.4) is 0 Å². The van der Waals surface area contributed by atoms with Crippen molar-refractivity contribution in [1.29, 1.82) is 0 Å². The summed E-state index contributed by atoms with van der Waals surface area (Å²) in [6.45, 7) is 0.223. The van der Waals surface area contributed by atoms with Crippen LogP contribution in [0, 0.1) is 0 Å². The van der Waals surface area contributed by atoms with Crippen LogP contribution in [0.15, 0.2) is 54.6 Å². The van der Waals surface area contributed by atoms with Gasteiger partial charge in [-0.05, 0) is 48.5 Å². The molecule has 0 spiro atoms. The monoisotopic (exact) mass is 364 g/mol. The van der Waals surface area contributed by atoms with Gasteiger partial charge < -0.3 is 24.8 Å². The van der Waals surface area contributed by atoms with Crippen LogP contribution < -0.4 is 24.8 Å². The largest absolute Gasteiger partial charge is 0.497 e. The van der Waals surface area contributed by atoms with Crippen molar-refractivity contribution in [3.05, 3.63) is 60.2 Å². The van der Waals surface area contributed by atoms with E-state index in [-0.39, 0.29) is 12.7 Å². The first kappa shape index (κ1) is 16.6. The summed E-state index contributed by atoms with van der Waals surface area (Å²) in [5.41, 5.74) is 1.30. The van der Waals surface area contributed by atoms with Crippen molar-refractivity contribution in [3.8, 4) is 17.2 Å². The van der Waals surface area contributed by atoms with E-state index in [4.69, 9.17) is 14.2 Å². The highest BCUT2D eigenvalue weighted by atomic mass is 16.7. The van der Waals surface area contributed by atoms with E-state index >= 15 is 0 Å². The molecule has 0 unspecified atom stereocenters. The highest BCUT2D eigenvalue weighted by Crippen LogP contribution is 2.34. The summed E-state index contributed by atoms with van der Waals surface area (Å²) in [6, 6.07) is 15.7. The third-order valence-corrected chi connectivity index (χ3v) is 3.90. The number of rotatable bonds is 5. The van der Waals surface area contributed by atoms with E-state index in [1.165, 1.54) is 0 Å². The van der Waals surface area contributed by atoms with Crippen LogP contribution in [0.25, 0.3) is 0 Å². The second kappa shape index (κ2) is 7.20. The number of benzene rings is 2. The number of hydrogen-bond acceptors (Lipinski definition) is 7. The van der Waals surface area contributed by atoms with Gasteiger partial charge >= 0.3 is 0 Å². The Morgan fingerprint density at radius 3 is 2.44 bits per heavy atom. The zero-order chi connectivity index (χ0) is 18.6. The van der Waals surface area contributed by atoms with Gasteiger partial charge in [-0.3, -0.25) is 4.79 Å². The summed E-state index contributed by atoms with van der Waals surface area (Å²) in [4.78, 5) is 12.2. The Morgan fingerprint density at radius 2 is 1.70 bits per heavy atom. The van der Waals surface area contributed by atoms with Crippen molar-refractivity contribution in [1.82, 2.24) is 10.2 Å². The fourth-order valence-corrected chi connectivity index (χ4v) is 2.52. The quantitative estimate of drug-likeness (QED) is 0.718. The van der Waals surface area contributed by atoms with Gasteiger partial charge in [0, 0.05) is 17.3 Å². The molecule has 0 radical (unpaired) electrons. The molecule has 0 saturated carbocycles. The van der Waals surface area contributed by atoms with E-state index in [1.54, 1.807) is 43.5 Å². The van der Waals surface area contributed by atoms with Crippen LogP contribution in [-0.4, -0.2) is 30.0 Å². The van der Waals surface area contributed by atoms with Gasteiger partial charge in [0.05, 0.1) is 7.11 Å². The molecule has 136 valence electrons. The number of ether oxygens (including phenoxy) is 3. The van der Waals surface area contributed by atoms with Gasteiger partial charge in [0.25, 0.3) is 5.91 Å². The van der Waals surface area contributed by atoms with E-state index in [0.29, 0.717) is 34.4 Å². The lowest BCUT2D eigenvalue weighted by Gasteiger charge is -2.08. The molecule has 0 saturated heterocycles. The number of fused-ring (bicyclic) bond motifs is 1. The Morgan fingerprint density at radius 1 is 0.963 bits per heavy atom. The maximum Gasteiger partial charge on any atom is 0.256 e. The molecule has 2 N–H and O–H groups in total. The average molecular weight is 364 g/mol. The van der Waals surface area contributed by atoms with Gasteiger partial charge in [0.2, 0.25) is 6.79 Å². The number of hydrogen-bond donors (Lipinski definition) is 2. The lowest BCUT2D eigenvalue weighted by atomic mass is 10.2. The molecule has 8 nitrogen and oxygen atoms in total. The average Bonchev–Trinajstić information content (AvgIpc) is 3.17. The standard InChI is InChI=1S/C19H16N4O4/c1-25-14-5-2-12(3-6-14)19(24)21-18-9-8-17(22-23-18)20-13-4-7-15-16(10-13)27-11-26-15/h2-10H,11H2,1H3,(H,20,22)(H,21,23,24). The molecule has 3 aromatic rings. The highest BCUT2D eigenvalue weighted by molar-refractivity contribution is 6.03. The number of carbonyl (C=O) groups is 1. The molecule has 0 bridgehead atoms. The number of methoxy groups -OCH3 is 1. The van der Waals surface area contributed by atoms with E-state index in [9.17, 15) is 4.79 Å². The van der Waals surface area contributed by atoms with Gasteiger partial charge in [-0.2, -0.15) is 0 Å². The molecule has 4 rings (SSSR count). The number of nitrogens with one attached hydrogen (secondary N) is 2. The molecule has 2 aromatic carbocycles. The van der Waals surface area contributed by atoms with Crippen molar-refractivity contribution in [2.24, 2.45) is 0 Å². The van der Waals surface area contributed by atoms with Crippen LogP contribution in [0.5, 0.6) is 17.2 Å². The first-order chi connectivity index (χ1) is 13.2. The van der Waals surface area contributed by atoms with Crippen LogP contribution >= 0.6 is 0 Å². The lowest BCUT2D eigenvalue weighted by Crippen LogP contribution is -2.13. The molecular weight excluding hydrogens is 348 g/mol. The van der Waals surface area contributed by atoms with Gasteiger partial charge in [-0.25, -0.2) is 0 Å². The number of nitrogens with zero attached hydrogens (tertiary/aromatic N) is 2. The number of aromatic nitrogens is 2. The van der Waals surface area contributed by atoms with Crippen molar-refractivity contribution < 1.29 is 19.0 Å². The fourth-order valence-electron chi connectivity index (χ4n) is 2.52. The molecule has 1 aromatic heterocycles. The zero-order valence-corrected chi connectivity index (χ0v) is 14.4. The summed E-state index contributed by atoms with van der Waals surface area (Å²) >= 11 is 0. The van der Waals surface area contributed by atoms with Crippen LogP contribution in [0.2, 0.25) is 0 Å². The van der Waals surface area contributed by atoms with Gasteiger partial charge in [-0.15, -0.1) is 10.2 Å². The maximum atomic E-state index is 12.2. The van der Waals surface area contributed by atoms with Crippen LogP contribution in [-0.2, 0) is 0 Å². The smallest absolute Gasteiger partial charge is 0.256 e. The second-order valence-corrected chi connectivity index (χ2v) is 5.68. The summed E-state index contributed by atoms with van der Waals surface area (Å²) in [5.74, 6) is 2.69. The molecule has 1 aliphatic heterocycles. The van der Waals surface area contributed by atoms with E-state index in [0.717, 1.165) is 5.69 Å². The maximum absolute atomic E-state index is 12.2. The lowest BCUT2D eigenvalue weighted by molar-refractivity contribution is 0.102. The number of amides is 1. The molecule has 0 fully saturated rings. The summed E-state index contributed by atoms with van der Waals surface area (Å²) in [5, 5.41) is 13.9. The SMILES string of the molecule is COc1ccc(C(=O)Nc2ccc(Nc3ccc4c(c3)OCO4)nn2)cc1. The Hall–Kier alpha value is -3.81. The molecule has 2 heterocycles. The molecule has 8 heteroatoms. The van der Waals surface area contributed by atoms with Crippen LogP contribution in [0.4, 0.5) is 17.3 Å². The van der Waals surface area contributed by atoms with E-state index in [1.807, 2.05) is 18.2 Å². The Balaban J connectivity index is 1.40. The first-order valence-corrected chi connectivity index (χ1v) is 8.17. The van der Waals surface area contributed by atoms with Gasteiger partial charge in [0.1, 0.15) is 5.75 Å². The molecule has 1 aliphatic rings. The fraction of sp³-hybridized carbons (Fsp3) is 0.105. The third-order valence-electron chi connectivity index (χ3n) is 3.90. The Labute approximate surface area is 155 Å². The normalized spacial score (nSPS) is 11.7. The van der Waals surface area contributed by atoms with Crippen molar-refractivity contribution in [2.75, 3.05) is 24.5 Å². The molecule has 0 aliphatic carbocycles. The second-order valence-electron chi connectivity index (χ2n) is 5.68. The Bertz CT molecular complexity index is 958. The van der Waals surface area contributed by atoms with E-state index < -0.39 is 0 Å². The van der Waals surface area contributed by atoms with Crippen molar-refractivity contribution in [3.63, 3.8) is 0 Å². The minimum Gasteiger partial charge on any atom is -0.497 e. The number of carbonyl (C=O) groups excluding carboxylic acids is 1. The number of anilines is 3. The molecule has 27 heavy (non-hydrogen) atoms. The van der Waals surface area contributed by atoms with Crippen molar-refractivity contribution in [2.45, 2.75) is 0 Å². The predicted octanol–water partition coefficient (Wildman–Crippen LogP) is 3.21. The molecule has 1 amide bonds. The van der Waals surface area contributed by atoms with Gasteiger partial charge in [0.15, 0.2) is 23.1 Å². The first-order valence-electron chi connectivity index (χ1n) is 8.17. The highest BCUT2D eigenvalue weighted by Gasteiger charge is 2.13. The summed E-state index contributed by atoms with van der Waals surface area (Å²) in [6.07, 6.45) is 0. The van der Waals surface area contributed by atoms with Crippen LogP contribution in [0.1, 0.15) is 10.4 Å². The summed E-state index contributed by atoms with van der Waals surface area (Å²) < 4.78 is 15.7. The molecule has 0 atom stereocenters. The third kappa shape index (κ3) is 3.74. The predicted molar refractivity (Wildman–Crippen MR) is 98.8 cm³/mol. The summed E-state index contributed by atoms with van der Waals surface area (Å²) in [7, 11) is 1.57. The van der Waals surface area contributed by atoms with E-state index in [2.05, 4.69) is 20.8 Å². The minimum atomic E-state index is -0.275. The molecular formula is C19H16N4O4. The van der Waals surface area contributed by atoms with Gasteiger partial charge in [-0.1, -0.05) is 0 Å². The van der Waals surface area contributed by atoms with Crippen molar-refractivity contribution >= 4 is 23.2 Å².